The number of nitriles is 1. The second-order valence-electron chi connectivity index (χ2n) is 3.85. The number of nitrogens with zero attached hydrogens (tertiary/aromatic N) is 2. The first kappa shape index (κ1) is 14.0. The van der Waals surface area contributed by atoms with Crippen LogP contribution in [0.25, 0.3) is 0 Å². The normalized spacial score (nSPS) is 10.8. The summed E-state index contributed by atoms with van der Waals surface area (Å²) in [6.45, 7) is 0.0461. The summed E-state index contributed by atoms with van der Waals surface area (Å²) in [6.07, 6.45) is -5.97. The van der Waals surface area contributed by atoms with Crippen LogP contribution in [0.5, 0.6) is 0 Å². The van der Waals surface area contributed by atoms with Crippen LogP contribution in [0.3, 0.4) is 0 Å². The third-order valence-electron chi connectivity index (χ3n) is 2.25. The molecule has 0 bridgehead atoms. The van der Waals surface area contributed by atoms with Crippen molar-refractivity contribution in [3.05, 3.63) is 35.4 Å². The van der Waals surface area contributed by atoms with E-state index in [1.165, 1.54) is 13.1 Å². The van der Waals surface area contributed by atoms with Crippen molar-refractivity contribution in [1.82, 2.24) is 4.90 Å². The quantitative estimate of drug-likeness (QED) is 0.833. The van der Waals surface area contributed by atoms with Gasteiger partial charge in [-0.15, -0.1) is 0 Å². The number of benzene rings is 1. The summed E-state index contributed by atoms with van der Waals surface area (Å²) in [6, 6.07) is 8.32. The Morgan fingerprint density at radius 3 is 2.67 bits per heavy atom. The van der Waals surface area contributed by atoms with Crippen LogP contribution in [0.4, 0.5) is 13.2 Å². The molecule has 0 heterocycles. The van der Waals surface area contributed by atoms with Crippen molar-refractivity contribution in [2.45, 2.75) is 19.1 Å². The van der Waals surface area contributed by atoms with Gasteiger partial charge in [-0.3, -0.25) is 4.79 Å². The first-order valence-electron chi connectivity index (χ1n) is 5.11. The molecule has 0 unspecified atom stereocenters. The molecular formula is C12H11F3N2O. The molecule has 18 heavy (non-hydrogen) atoms. The van der Waals surface area contributed by atoms with Crippen LogP contribution < -0.4 is 0 Å². The molecule has 6 heteroatoms. The Morgan fingerprint density at radius 2 is 2.11 bits per heavy atom. The Labute approximate surface area is 102 Å². The molecule has 0 fully saturated rings. The molecule has 0 N–H and O–H groups in total. The number of hydrogen-bond donors (Lipinski definition) is 0. The molecule has 0 spiro atoms. The van der Waals surface area contributed by atoms with Crippen molar-refractivity contribution in [2.75, 3.05) is 7.05 Å². The van der Waals surface area contributed by atoms with Crippen LogP contribution in [-0.4, -0.2) is 24.0 Å². The van der Waals surface area contributed by atoms with Crippen LogP contribution in [0.2, 0.25) is 0 Å². The first-order valence-corrected chi connectivity index (χ1v) is 5.11. The van der Waals surface area contributed by atoms with Gasteiger partial charge in [-0.1, -0.05) is 12.1 Å². The predicted molar refractivity (Wildman–Crippen MR) is 58.3 cm³/mol. The topological polar surface area (TPSA) is 44.1 Å². The molecule has 96 valence electrons. The summed E-state index contributed by atoms with van der Waals surface area (Å²) >= 11 is 0. The number of halogens is 3. The van der Waals surface area contributed by atoms with E-state index in [0.717, 1.165) is 4.90 Å². The van der Waals surface area contributed by atoms with Gasteiger partial charge in [0, 0.05) is 13.6 Å². The van der Waals surface area contributed by atoms with Gasteiger partial charge in [-0.25, -0.2) is 0 Å². The molecule has 0 saturated heterocycles. The van der Waals surface area contributed by atoms with E-state index in [4.69, 9.17) is 5.26 Å². The molecular weight excluding hydrogens is 245 g/mol. The summed E-state index contributed by atoms with van der Waals surface area (Å²) in [4.78, 5) is 12.2. The molecule has 0 radical (unpaired) electrons. The van der Waals surface area contributed by atoms with Crippen molar-refractivity contribution in [3.8, 4) is 6.07 Å². The van der Waals surface area contributed by atoms with Gasteiger partial charge >= 0.3 is 6.18 Å². The first-order chi connectivity index (χ1) is 8.31. The number of rotatable bonds is 3. The lowest BCUT2D eigenvalue weighted by molar-refractivity contribution is -0.160. The Hall–Kier alpha value is -2.03. The van der Waals surface area contributed by atoms with E-state index in [-0.39, 0.29) is 6.54 Å². The summed E-state index contributed by atoms with van der Waals surface area (Å²) < 4.78 is 36.1. The zero-order valence-corrected chi connectivity index (χ0v) is 9.66. The van der Waals surface area contributed by atoms with Gasteiger partial charge < -0.3 is 4.90 Å². The van der Waals surface area contributed by atoms with Crippen LogP contribution in [-0.2, 0) is 11.3 Å². The average Bonchev–Trinajstić information content (AvgIpc) is 2.27. The van der Waals surface area contributed by atoms with Gasteiger partial charge in [0.2, 0.25) is 5.91 Å². The Kier molecular flexibility index (Phi) is 4.32. The average molecular weight is 256 g/mol. The predicted octanol–water partition coefficient (Wildman–Crippen LogP) is 2.47. The minimum absolute atomic E-state index is 0.0461. The van der Waals surface area contributed by atoms with Crippen molar-refractivity contribution in [2.24, 2.45) is 0 Å². The van der Waals surface area contributed by atoms with E-state index in [1.807, 2.05) is 6.07 Å². The lowest BCUT2D eigenvalue weighted by Crippen LogP contribution is -2.30. The van der Waals surface area contributed by atoms with E-state index < -0.39 is 18.5 Å². The molecule has 1 aromatic rings. The van der Waals surface area contributed by atoms with Crippen LogP contribution >= 0.6 is 0 Å². The number of alkyl halides is 3. The van der Waals surface area contributed by atoms with Gasteiger partial charge in [-0.2, -0.15) is 18.4 Å². The molecule has 0 saturated carbocycles. The summed E-state index contributed by atoms with van der Waals surface area (Å²) in [5, 5.41) is 8.68. The van der Waals surface area contributed by atoms with Gasteiger partial charge in [-0.05, 0) is 17.7 Å². The number of carbonyl (C=O) groups is 1. The highest BCUT2D eigenvalue weighted by molar-refractivity contribution is 5.76. The maximum atomic E-state index is 12.0. The standard InChI is InChI=1S/C12H11F3N2O/c1-17(11(18)6-12(13,14)15)8-10-4-2-3-9(5-10)7-16/h2-5H,6,8H2,1H3. The molecule has 1 aromatic carbocycles. The Balaban J connectivity index is 2.67. The van der Waals surface area contributed by atoms with E-state index >= 15 is 0 Å². The van der Waals surface area contributed by atoms with Gasteiger partial charge in [0.15, 0.2) is 0 Å². The van der Waals surface area contributed by atoms with Crippen molar-refractivity contribution in [1.29, 1.82) is 5.26 Å². The van der Waals surface area contributed by atoms with E-state index in [1.54, 1.807) is 18.2 Å². The lowest BCUT2D eigenvalue weighted by Gasteiger charge is -2.18. The molecule has 0 aromatic heterocycles. The van der Waals surface area contributed by atoms with E-state index in [9.17, 15) is 18.0 Å². The van der Waals surface area contributed by atoms with Crippen LogP contribution in [0.15, 0.2) is 24.3 Å². The van der Waals surface area contributed by atoms with Gasteiger partial charge in [0.1, 0.15) is 6.42 Å². The fourth-order valence-electron chi connectivity index (χ4n) is 1.41. The largest absolute Gasteiger partial charge is 0.397 e. The minimum Gasteiger partial charge on any atom is -0.341 e. The highest BCUT2D eigenvalue weighted by atomic mass is 19.4. The third-order valence-corrected chi connectivity index (χ3v) is 2.25. The number of amides is 1. The summed E-state index contributed by atoms with van der Waals surface area (Å²) in [7, 11) is 1.30. The third kappa shape index (κ3) is 4.45. The van der Waals surface area contributed by atoms with Crippen molar-refractivity contribution < 1.29 is 18.0 Å². The van der Waals surface area contributed by atoms with Crippen LogP contribution in [0, 0.1) is 11.3 Å². The van der Waals surface area contributed by atoms with Crippen molar-refractivity contribution in [3.63, 3.8) is 0 Å². The number of carbonyl (C=O) groups excluding carboxylic acids is 1. The van der Waals surface area contributed by atoms with Gasteiger partial charge in [0.25, 0.3) is 0 Å². The Bertz CT molecular complexity index is 477. The molecule has 0 aliphatic heterocycles. The molecule has 0 aliphatic carbocycles. The van der Waals surface area contributed by atoms with E-state index in [2.05, 4.69) is 0 Å². The molecule has 0 aliphatic rings. The lowest BCUT2D eigenvalue weighted by atomic mass is 10.1. The molecule has 3 nitrogen and oxygen atoms in total. The van der Waals surface area contributed by atoms with Gasteiger partial charge in [0.05, 0.1) is 11.6 Å². The zero-order chi connectivity index (χ0) is 13.8. The van der Waals surface area contributed by atoms with Crippen molar-refractivity contribution >= 4 is 5.91 Å². The van der Waals surface area contributed by atoms with E-state index in [0.29, 0.717) is 11.1 Å². The fourth-order valence-corrected chi connectivity index (χ4v) is 1.41. The Morgan fingerprint density at radius 1 is 1.44 bits per heavy atom. The molecule has 0 atom stereocenters. The smallest absolute Gasteiger partial charge is 0.341 e. The zero-order valence-electron chi connectivity index (χ0n) is 9.66. The summed E-state index contributed by atoms with van der Waals surface area (Å²) in [5.41, 5.74) is 1.02. The second kappa shape index (κ2) is 5.54. The second-order valence-corrected chi connectivity index (χ2v) is 3.85. The highest BCUT2D eigenvalue weighted by Crippen LogP contribution is 2.20. The maximum absolute atomic E-state index is 12.0. The minimum atomic E-state index is -4.50. The maximum Gasteiger partial charge on any atom is 0.397 e. The number of hydrogen-bond acceptors (Lipinski definition) is 2. The fraction of sp³-hybridized carbons (Fsp3) is 0.333. The van der Waals surface area contributed by atoms with Crippen LogP contribution in [0.1, 0.15) is 17.5 Å². The SMILES string of the molecule is CN(Cc1cccc(C#N)c1)C(=O)CC(F)(F)F. The molecule has 1 rings (SSSR count). The highest BCUT2D eigenvalue weighted by Gasteiger charge is 2.32. The molecule has 1 amide bonds. The summed E-state index contributed by atoms with van der Waals surface area (Å²) in [5.74, 6) is -0.995. The monoisotopic (exact) mass is 256 g/mol.